The number of sulfonamides is 1. The number of anilines is 2. The lowest BCUT2D eigenvalue weighted by molar-refractivity contribution is -0.116. The predicted octanol–water partition coefficient (Wildman–Crippen LogP) is 3.19. The number of carbonyl (C=O) groups excluding carboxylic acids is 1. The third kappa shape index (κ3) is 3.57. The number of nitrogens with zero attached hydrogens (tertiary/aromatic N) is 1. The fourth-order valence-electron chi connectivity index (χ4n) is 2.64. The molecule has 0 unspecified atom stereocenters. The van der Waals surface area contributed by atoms with Crippen molar-refractivity contribution in [3.05, 3.63) is 47.0 Å². The number of aryl methyl sites for hydroxylation is 1. The number of fused-ring (bicyclic) bond motifs is 1. The van der Waals surface area contributed by atoms with Crippen molar-refractivity contribution >= 4 is 38.9 Å². The maximum Gasteiger partial charge on any atom is 0.261 e. The summed E-state index contributed by atoms with van der Waals surface area (Å²) in [7, 11) is -3.82. The van der Waals surface area contributed by atoms with E-state index in [1.54, 1.807) is 31.2 Å². The van der Waals surface area contributed by atoms with Gasteiger partial charge in [-0.25, -0.2) is 8.42 Å². The fraction of sp³-hybridized carbons (Fsp3) is 0.235. The summed E-state index contributed by atoms with van der Waals surface area (Å²) in [6, 6.07) is 9.37. The molecule has 1 heterocycles. The van der Waals surface area contributed by atoms with Gasteiger partial charge >= 0.3 is 0 Å². The van der Waals surface area contributed by atoms with E-state index in [4.69, 9.17) is 16.3 Å². The lowest BCUT2D eigenvalue weighted by atomic mass is 10.2. The van der Waals surface area contributed by atoms with E-state index in [1.807, 2.05) is 0 Å². The predicted molar refractivity (Wildman–Crippen MR) is 97.0 cm³/mol. The second kappa shape index (κ2) is 6.57. The first-order chi connectivity index (χ1) is 11.8. The van der Waals surface area contributed by atoms with Crippen LogP contribution in [0.25, 0.3) is 0 Å². The van der Waals surface area contributed by atoms with Crippen molar-refractivity contribution in [3.63, 3.8) is 0 Å². The number of amides is 1. The number of halogens is 1. The summed E-state index contributed by atoms with van der Waals surface area (Å²) in [6.45, 7) is 3.96. The van der Waals surface area contributed by atoms with Gasteiger partial charge in [0.1, 0.15) is 12.4 Å². The zero-order chi connectivity index (χ0) is 18.2. The van der Waals surface area contributed by atoms with Crippen LogP contribution >= 0.6 is 11.6 Å². The Kier molecular flexibility index (Phi) is 4.62. The van der Waals surface area contributed by atoms with Gasteiger partial charge in [0.2, 0.25) is 5.91 Å². The molecule has 0 spiro atoms. The third-order valence-corrected chi connectivity index (χ3v) is 5.52. The highest BCUT2D eigenvalue weighted by molar-refractivity contribution is 7.92. The highest BCUT2D eigenvalue weighted by Crippen LogP contribution is 2.34. The Morgan fingerprint density at radius 2 is 2.00 bits per heavy atom. The molecule has 2 aromatic carbocycles. The molecule has 25 heavy (non-hydrogen) atoms. The minimum absolute atomic E-state index is 0.0531. The van der Waals surface area contributed by atoms with Crippen LogP contribution < -0.4 is 14.4 Å². The summed E-state index contributed by atoms with van der Waals surface area (Å²) in [5, 5.41) is 0.531. The lowest BCUT2D eigenvalue weighted by Crippen LogP contribution is -2.36. The molecule has 2 aromatic rings. The Balaban J connectivity index is 1.98. The van der Waals surface area contributed by atoms with Gasteiger partial charge in [-0.3, -0.25) is 9.52 Å². The molecule has 1 amide bonds. The summed E-state index contributed by atoms with van der Waals surface area (Å²) in [5.74, 6) is 0.323. The first-order valence-electron chi connectivity index (χ1n) is 7.62. The number of carbonyl (C=O) groups is 1. The van der Waals surface area contributed by atoms with E-state index in [2.05, 4.69) is 4.72 Å². The van der Waals surface area contributed by atoms with Gasteiger partial charge in [0.05, 0.1) is 22.8 Å². The Hall–Kier alpha value is -2.25. The lowest BCUT2D eigenvalue weighted by Gasteiger charge is -2.29. The molecule has 132 valence electrons. The molecule has 1 N–H and O–H groups in total. The summed E-state index contributed by atoms with van der Waals surface area (Å²) in [5.41, 5.74) is 1.61. The van der Waals surface area contributed by atoms with E-state index >= 15 is 0 Å². The van der Waals surface area contributed by atoms with Crippen LogP contribution in [0.5, 0.6) is 5.75 Å². The molecule has 0 fully saturated rings. The van der Waals surface area contributed by atoms with Crippen LogP contribution in [0.3, 0.4) is 0 Å². The third-order valence-electron chi connectivity index (χ3n) is 3.92. The maximum absolute atomic E-state index is 12.7. The second-order valence-corrected chi connectivity index (χ2v) is 7.83. The van der Waals surface area contributed by atoms with Gasteiger partial charge in [0.25, 0.3) is 10.0 Å². The molecule has 8 heteroatoms. The normalized spacial score (nSPS) is 13.8. The average Bonchev–Trinajstić information content (AvgIpc) is 2.56. The topological polar surface area (TPSA) is 75.7 Å². The van der Waals surface area contributed by atoms with Gasteiger partial charge in [-0.05, 0) is 48.9 Å². The standard InChI is InChI=1S/C17H17ClN2O4S/c1-11-9-13(18)3-5-15(11)19-25(22,23)14-4-6-17-16(10-14)20(12(2)21)7-8-24-17/h3-6,9-10,19H,7-8H2,1-2H3. The maximum atomic E-state index is 12.7. The number of hydrogen-bond donors (Lipinski definition) is 1. The molecule has 1 aliphatic heterocycles. The van der Waals surface area contributed by atoms with E-state index in [0.717, 1.165) is 0 Å². The van der Waals surface area contributed by atoms with Crippen molar-refractivity contribution in [1.29, 1.82) is 0 Å². The van der Waals surface area contributed by atoms with Crippen LogP contribution in [0, 0.1) is 6.92 Å². The van der Waals surface area contributed by atoms with Crippen LogP contribution in [0.1, 0.15) is 12.5 Å². The van der Waals surface area contributed by atoms with Crippen LogP contribution in [-0.2, 0) is 14.8 Å². The van der Waals surface area contributed by atoms with Crippen molar-refractivity contribution < 1.29 is 17.9 Å². The van der Waals surface area contributed by atoms with E-state index < -0.39 is 10.0 Å². The van der Waals surface area contributed by atoms with Crippen LogP contribution in [0.2, 0.25) is 5.02 Å². The van der Waals surface area contributed by atoms with E-state index in [0.29, 0.717) is 40.9 Å². The van der Waals surface area contributed by atoms with Gasteiger partial charge in [0.15, 0.2) is 0 Å². The molecule has 0 radical (unpaired) electrons. The smallest absolute Gasteiger partial charge is 0.261 e. The number of hydrogen-bond acceptors (Lipinski definition) is 4. The van der Waals surface area contributed by atoms with Crippen LogP contribution in [-0.4, -0.2) is 27.5 Å². The Bertz CT molecular complexity index is 944. The molecule has 0 aliphatic carbocycles. The van der Waals surface area contributed by atoms with Gasteiger partial charge in [-0.2, -0.15) is 0 Å². The Morgan fingerprint density at radius 1 is 1.24 bits per heavy atom. The Morgan fingerprint density at radius 3 is 2.68 bits per heavy atom. The SMILES string of the molecule is CC(=O)N1CCOc2ccc(S(=O)(=O)Nc3ccc(Cl)cc3C)cc21. The molecular formula is C17H17ClN2O4S. The number of rotatable bonds is 3. The van der Waals surface area contributed by atoms with Crippen molar-refractivity contribution in [1.82, 2.24) is 0 Å². The molecule has 0 atom stereocenters. The van der Waals surface area contributed by atoms with E-state index in [-0.39, 0.29) is 10.8 Å². The highest BCUT2D eigenvalue weighted by atomic mass is 35.5. The molecule has 0 saturated heterocycles. The molecule has 6 nitrogen and oxygen atoms in total. The van der Waals surface area contributed by atoms with Gasteiger partial charge in [0, 0.05) is 11.9 Å². The first kappa shape index (κ1) is 17.6. The molecule has 3 rings (SSSR count). The summed E-state index contributed by atoms with van der Waals surface area (Å²) in [4.78, 5) is 13.3. The molecule has 1 aliphatic rings. The fourth-order valence-corrected chi connectivity index (χ4v) is 4.01. The summed E-state index contributed by atoms with van der Waals surface area (Å²) < 4.78 is 33.5. The zero-order valence-corrected chi connectivity index (χ0v) is 15.3. The molecule has 0 aromatic heterocycles. The second-order valence-electron chi connectivity index (χ2n) is 5.71. The minimum Gasteiger partial charge on any atom is -0.490 e. The van der Waals surface area contributed by atoms with Crippen LogP contribution in [0.15, 0.2) is 41.3 Å². The van der Waals surface area contributed by atoms with Crippen molar-refractivity contribution in [2.75, 3.05) is 22.8 Å². The molecule has 0 bridgehead atoms. The Labute approximate surface area is 151 Å². The average molecular weight is 381 g/mol. The minimum atomic E-state index is -3.82. The quantitative estimate of drug-likeness (QED) is 0.887. The zero-order valence-electron chi connectivity index (χ0n) is 13.7. The number of benzene rings is 2. The summed E-state index contributed by atoms with van der Waals surface area (Å²) >= 11 is 5.90. The molecular weight excluding hydrogens is 364 g/mol. The molecule has 0 saturated carbocycles. The first-order valence-corrected chi connectivity index (χ1v) is 9.48. The number of ether oxygens (including phenoxy) is 1. The van der Waals surface area contributed by atoms with Gasteiger partial charge in [-0.15, -0.1) is 0 Å². The number of nitrogens with one attached hydrogen (secondary N) is 1. The monoisotopic (exact) mass is 380 g/mol. The van der Waals surface area contributed by atoms with E-state index in [9.17, 15) is 13.2 Å². The van der Waals surface area contributed by atoms with Gasteiger partial charge in [-0.1, -0.05) is 11.6 Å². The highest BCUT2D eigenvalue weighted by Gasteiger charge is 2.24. The van der Waals surface area contributed by atoms with Crippen molar-refractivity contribution in [2.45, 2.75) is 18.7 Å². The largest absolute Gasteiger partial charge is 0.490 e. The van der Waals surface area contributed by atoms with Gasteiger partial charge < -0.3 is 9.64 Å². The van der Waals surface area contributed by atoms with Crippen LogP contribution in [0.4, 0.5) is 11.4 Å². The van der Waals surface area contributed by atoms with Crippen molar-refractivity contribution in [2.24, 2.45) is 0 Å². The summed E-state index contributed by atoms with van der Waals surface area (Å²) in [6.07, 6.45) is 0. The van der Waals surface area contributed by atoms with E-state index in [1.165, 1.54) is 24.0 Å². The van der Waals surface area contributed by atoms with Crippen molar-refractivity contribution in [3.8, 4) is 5.75 Å².